The fourth-order valence-corrected chi connectivity index (χ4v) is 2.71. The van der Waals surface area contributed by atoms with Gasteiger partial charge in [-0.3, -0.25) is 0 Å². The Morgan fingerprint density at radius 1 is 1.21 bits per heavy atom. The van der Waals surface area contributed by atoms with E-state index >= 15 is 0 Å². The summed E-state index contributed by atoms with van der Waals surface area (Å²) in [5.41, 5.74) is 1.98. The fraction of sp³-hybridized carbons (Fsp3) is 0.353. The number of amides is 2. The van der Waals surface area contributed by atoms with Crippen molar-refractivity contribution in [3.8, 4) is 0 Å². The number of benzene rings is 1. The van der Waals surface area contributed by atoms with Gasteiger partial charge in [-0.1, -0.05) is 17.3 Å². The van der Waals surface area contributed by atoms with Gasteiger partial charge >= 0.3 is 12.0 Å². The van der Waals surface area contributed by atoms with Crippen LogP contribution in [0.3, 0.4) is 0 Å². The maximum atomic E-state index is 12.2. The SMILES string of the molecule is Cc1noc(C)c1C(C)(C)NC(=O)NCc1ccc(C(=O)O)cc1. The van der Waals surface area contributed by atoms with Crippen LogP contribution >= 0.6 is 0 Å². The van der Waals surface area contributed by atoms with Crippen LogP contribution in [-0.2, 0) is 12.1 Å². The lowest BCUT2D eigenvalue weighted by atomic mass is 9.93. The molecule has 0 fully saturated rings. The zero-order chi connectivity index (χ0) is 17.9. The summed E-state index contributed by atoms with van der Waals surface area (Å²) in [6, 6.07) is 6.02. The lowest BCUT2D eigenvalue weighted by molar-refractivity contribution is 0.0697. The molecule has 3 N–H and O–H groups in total. The number of nitrogens with zero attached hydrogens (tertiary/aromatic N) is 1. The molecule has 0 unspecified atom stereocenters. The molecule has 0 radical (unpaired) electrons. The Morgan fingerprint density at radius 2 is 1.83 bits per heavy atom. The first kappa shape index (κ1) is 17.5. The number of aromatic carboxylic acids is 1. The topological polar surface area (TPSA) is 104 Å². The van der Waals surface area contributed by atoms with Gasteiger partial charge in [-0.2, -0.15) is 0 Å². The van der Waals surface area contributed by atoms with Gasteiger partial charge in [0.25, 0.3) is 0 Å². The van der Waals surface area contributed by atoms with Gasteiger partial charge in [0.1, 0.15) is 5.76 Å². The second kappa shape index (κ2) is 6.74. The van der Waals surface area contributed by atoms with Gasteiger partial charge in [0.2, 0.25) is 0 Å². The maximum Gasteiger partial charge on any atom is 0.335 e. The number of aromatic nitrogens is 1. The number of hydrogen-bond acceptors (Lipinski definition) is 4. The van der Waals surface area contributed by atoms with Crippen LogP contribution in [-0.4, -0.2) is 22.3 Å². The van der Waals surface area contributed by atoms with Crippen molar-refractivity contribution < 1.29 is 19.2 Å². The van der Waals surface area contributed by atoms with E-state index in [1.807, 2.05) is 20.8 Å². The molecule has 0 spiro atoms. The number of carbonyl (C=O) groups is 2. The largest absolute Gasteiger partial charge is 0.478 e. The van der Waals surface area contributed by atoms with Crippen molar-refractivity contribution in [1.82, 2.24) is 15.8 Å². The Kier molecular flexibility index (Phi) is 4.92. The average molecular weight is 331 g/mol. The Morgan fingerprint density at radius 3 is 2.33 bits per heavy atom. The number of hydrogen-bond donors (Lipinski definition) is 3. The number of aryl methyl sites for hydroxylation is 2. The zero-order valence-electron chi connectivity index (χ0n) is 14.1. The number of urea groups is 1. The first-order chi connectivity index (χ1) is 11.2. The van der Waals surface area contributed by atoms with E-state index in [9.17, 15) is 9.59 Å². The lowest BCUT2D eigenvalue weighted by Gasteiger charge is -2.26. The lowest BCUT2D eigenvalue weighted by Crippen LogP contribution is -2.46. The molecule has 0 saturated carbocycles. The van der Waals surface area contributed by atoms with Gasteiger partial charge in [-0.05, 0) is 45.4 Å². The minimum absolute atomic E-state index is 0.211. The Hall–Kier alpha value is -2.83. The second-order valence-electron chi connectivity index (χ2n) is 6.13. The molecular weight excluding hydrogens is 310 g/mol. The number of nitrogens with one attached hydrogen (secondary N) is 2. The zero-order valence-corrected chi connectivity index (χ0v) is 14.1. The van der Waals surface area contributed by atoms with Crippen LogP contribution in [0, 0.1) is 13.8 Å². The van der Waals surface area contributed by atoms with Crippen molar-refractivity contribution in [2.45, 2.75) is 39.8 Å². The molecule has 0 aliphatic rings. The summed E-state index contributed by atoms with van der Waals surface area (Å²) >= 11 is 0. The highest BCUT2D eigenvalue weighted by molar-refractivity contribution is 5.87. The summed E-state index contributed by atoms with van der Waals surface area (Å²) in [5, 5.41) is 18.4. The molecule has 7 heteroatoms. The van der Waals surface area contributed by atoms with Gasteiger partial charge in [0, 0.05) is 12.1 Å². The van der Waals surface area contributed by atoms with Crippen LogP contribution in [0.5, 0.6) is 0 Å². The van der Waals surface area contributed by atoms with Crippen LogP contribution in [0.1, 0.15) is 46.8 Å². The normalized spacial score (nSPS) is 11.2. The molecule has 0 bridgehead atoms. The van der Waals surface area contributed by atoms with Crippen molar-refractivity contribution in [2.75, 3.05) is 0 Å². The highest BCUT2D eigenvalue weighted by Crippen LogP contribution is 2.26. The van der Waals surface area contributed by atoms with Gasteiger partial charge in [0.05, 0.1) is 16.8 Å². The molecule has 2 aromatic rings. The summed E-state index contributed by atoms with van der Waals surface area (Å²) in [7, 11) is 0. The van der Waals surface area contributed by atoms with E-state index in [2.05, 4.69) is 15.8 Å². The van der Waals surface area contributed by atoms with E-state index in [-0.39, 0.29) is 11.6 Å². The summed E-state index contributed by atoms with van der Waals surface area (Å²) in [6.07, 6.45) is 0. The molecule has 1 aromatic carbocycles. The van der Waals surface area contributed by atoms with E-state index in [0.717, 1.165) is 16.8 Å². The van der Waals surface area contributed by atoms with Gasteiger partial charge < -0.3 is 20.3 Å². The highest BCUT2D eigenvalue weighted by Gasteiger charge is 2.29. The predicted octanol–water partition coefficient (Wildman–Crippen LogP) is 2.72. The molecular formula is C17H21N3O4. The monoisotopic (exact) mass is 331 g/mol. The van der Waals surface area contributed by atoms with Crippen molar-refractivity contribution in [1.29, 1.82) is 0 Å². The first-order valence-corrected chi connectivity index (χ1v) is 7.52. The third-order valence-corrected chi connectivity index (χ3v) is 3.74. The summed E-state index contributed by atoms with van der Waals surface area (Å²) < 4.78 is 5.15. The fourth-order valence-electron chi connectivity index (χ4n) is 2.71. The maximum absolute atomic E-state index is 12.2. The van der Waals surface area contributed by atoms with Gasteiger partial charge in [-0.25, -0.2) is 9.59 Å². The molecule has 0 aliphatic carbocycles. The predicted molar refractivity (Wildman–Crippen MR) is 87.8 cm³/mol. The Balaban J connectivity index is 1.96. The molecule has 0 atom stereocenters. The Bertz CT molecular complexity index is 728. The minimum Gasteiger partial charge on any atom is -0.478 e. The third-order valence-electron chi connectivity index (χ3n) is 3.74. The molecule has 0 aliphatic heterocycles. The van der Waals surface area contributed by atoms with E-state index in [0.29, 0.717) is 12.3 Å². The van der Waals surface area contributed by atoms with E-state index < -0.39 is 11.5 Å². The summed E-state index contributed by atoms with van der Waals surface area (Å²) in [4.78, 5) is 23.0. The molecule has 2 rings (SSSR count). The molecule has 2 amide bonds. The molecule has 1 aromatic heterocycles. The van der Waals surface area contributed by atoms with Crippen molar-refractivity contribution in [2.24, 2.45) is 0 Å². The molecule has 24 heavy (non-hydrogen) atoms. The van der Waals surface area contributed by atoms with Gasteiger partial charge in [0.15, 0.2) is 0 Å². The average Bonchev–Trinajstić information content (AvgIpc) is 2.85. The molecule has 1 heterocycles. The van der Waals surface area contributed by atoms with E-state index in [1.54, 1.807) is 19.1 Å². The standard InChI is InChI=1S/C17H21N3O4/c1-10-14(11(2)24-20-10)17(3,4)19-16(23)18-9-12-5-7-13(8-6-12)15(21)22/h5-8H,9H2,1-4H3,(H,21,22)(H2,18,19,23). The molecule has 7 nitrogen and oxygen atoms in total. The minimum atomic E-state index is -0.978. The van der Waals surface area contributed by atoms with E-state index in [1.165, 1.54) is 12.1 Å². The number of carbonyl (C=O) groups excluding carboxylic acids is 1. The van der Waals surface area contributed by atoms with Crippen LogP contribution < -0.4 is 10.6 Å². The first-order valence-electron chi connectivity index (χ1n) is 7.52. The Labute approximate surface area is 140 Å². The third kappa shape index (κ3) is 3.92. The van der Waals surface area contributed by atoms with Crippen LogP contribution in [0.25, 0.3) is 0 Å². The molecule has 0 saturated heterocycles. The van der Waals surface area contributed by atoms with Crippen LogP contribution in [0.2, 0.25) is 0 Å². The van der Waals surface area contributed by atoms with Crippen molar-refractivity contribution in [3.63, 3.8) is 0 Å². The smallest absolute Gasteiger partial charge is 0.335 e. The number of carboxylic acids is 1. The van der Waals surface area contributed by atoms with Crippen molar-refractivity contribution >= 4 is 12.0 Å². The number of carboxylic acid groups (broad SMARTS) is 1. The highest BCUT2D eigenvalue weighted by atomic mass is 16.5. The summed E-state index contributed by atoms with van der Waals surface area (Å²) in [5.74, 6) is -0.310. The summed E-state index contributed by atoms with van der Waals surface area (Å²) in [6.45, 7) is 7.68. The second-order valence-corrected chi connectivity index (χ2v) is 6.13. The molecule has 128 valence electrons. The van der Waals surface area contributed by atoms with Crippen LogP contribution in [0.15, 0.2) is 28.8 Å². The van der Waals surface area contributed by atoms with Gasteiger partial charge in [-0.15, -0.1) is 0 Å². The van der Waals surface area contributed by atoms with Crippen molar-refractivity contribution in [3.05, 3.63) is 52.4 Å². The number of rotatable bonds is 5. The van der Waals surface area contributed by atoms with E-state index in [4.69, 9.17) is 9.63 Å². The van der Waals surface area contributed by atoms with Crippen LogP contribution in [0.4, 0.5) is 4.79 Å². The quantitative estimate of drug-likeness (QED) is 0.781.